The first-order chi connectivity index (χ1) is 10.0. The normalized spacial score (nSPS) is 11.0. The van der Waals surface area contributed by atoms with Crippen LogP contribution in [-0.4, -0.2) is 16.7 Å². The summed E-state index contributed by atoms with van der Waals surface area (Å²) < 4.78 is 21.2. The first-order valence-corrected chi connectivity index (χ1v) is 7.04. The average molecular weight is 323 g/mol. The number of aromatic nitrogens is 2. The Kier molecular flexibility index (Phi) is 3.47. The van der Waals surface area contributed by atoms with Crippen molar-refractivity contribution < 1.29 is 9.13 Å². The van der Waals surface area contributed by atoms with Gasteiger partial charge in [0.15, 0.2) is 4.77 Å². The minimum absolute atomic E-state index is 0.0670. The number of methoxy groups -OCH3 is 1. The lowest BCUT2D eigenvalue weighted by Crippen LogP contribution is -1.98. The Morgan fingerprint density at radius 3 is 2.71 bits per heavy atom. The Balaban J connectivity index is 2.32. The van der Waals surface area contributed by atoms with E-state index < -0.39 is 5.82 Å². The second kappa shape index (κ2) is 5.16. The molecule has 3 aromatic rings. The Morgan fingerprint density at radius 1 is 1.29 bits per heavy atom. The maximum absolute atomic E-state index is 13.8. The summed E-state index contributed by atoms with van der Waals surface area (Å²) in [6.07, 6.45) is 0. The lowest BCUT2D eigenvalue weighted by atomic mass is 10.2. The van der Waals surface area contributed by atoms with Gasteiger partial charge in [-0.2, -0.15) is 0 Å². The molecular formula is C15H12ClFN2OS. The fourth-order valence-electron chi connectivity index (χ4n) is 2.35. The number of benzene rings is 2. The molecule has 0 atom stereocenters. The Labute approximate surface area is 130 Å². The smallest absolute Gasteiger partial charge is 0.182 e. The zero-order valence-electron chi connectivity index (χ0n) is 11.4. The fraction of sp³-hybridized carbons (Fsp3) is 0.133. The fourth-order valence-corrected chi connectivity index (χ4v) is 2.82. The molecule has 0 radical (unpaired) electrons. The molecule has 0 amide bonds. The van der Waals surface area contributed by atoms with Crippen LogP contribution in [0.15, 0.2) is 30.3 Å². The Bertz CT molecular complexity index is 901. The highest BCUT2D eigenvalue weighted by Gasteiger charge is 2.12. The number of rotatable bonds is 2. The van der Waals surface area contributed by atoms with E-state index in [-0.39, 0.29) is 5.02 Å². The summed E-state index contributed by atoms with van der Waals surface area (Å²) in [6.45, 7) is 1.95. The summed E-state index contributed by atoms with van der Waals surface area (Å²) in [4.78, 5) is 3.04. The minimum Gasteiger partial charge on any atom is -0.497 e. The van der Waals surface area contributed by atoms with Gasteiger partial charge in [-0.15, -0.1) is 0 Å². The molecule has 1 N–H and O–H groups in total. The van der Waals surface area contributed by atoms with Crippen molar-refractivity contribution >= 4 is 34.9 Å². The highest BCUT2D eigenvalue weighted by atomic mass is 35.5. The van der Waals surface area contributed by atoms with Crippen molar-refractivity contribution in [1.29, 1.82) is 0 Å². The number of H-pyrrole nitrogens is 1. The Hall–Kier alpha value is -1.85. The van der Waals surface area contributed by atoms with Crippen molar-refractivity contribution in [1.82, 2.24) is 9.55 Å². The number of aromatic amines is 1. The molecule has 0 aliphatic carbocycles. The highest BCUT2D eigenvalue weighted by molar-refractivity contribution is 7.71. The van der Waals surface area contributed by atoms with E-state index in [1.807, 2.05) is 25.1 Å². The molecular weight excluding hydrogens is 311 g/mol. The van der Waals surface area contributed by atoms with Crippen molar-refractivity contribution in [3.63, 3.8) is 0 Å². The van der Waals surface area contributed by atoms with Crippen LogP contribution in [0.5, 0.6) is 5.75 Å². The number of fused-ring (bicyclic) bond motifs is 1. The van der Waals surface area contributed by atoms with Crippen LogP contribution in [-0.2, 0) is 0 Å². The number of hydrogen-bond donors (Lipinski definition) is 1. The quantitative estimate of drug-likeness (QED) is 0.687. The van der Waals surface area contributed by atoms with Crippen LogP contribution >= 0.6 is 23.8 Å². The second-order valence-corrected chi connectivity index (χ2v) is 5.50. The monoisotopic (exact) mass is 322 g/mol. The topological polar surface area (TPSA) is 29.9 Å². The van der Waals surface area contributed by atoms with E-state index in [0.29, 0.717) is 15.8 Å². The number of hydrogen-bond acceptors (Lipinski definition) is 2. The third-order valence-corrected chi connectivity index (χ3v) is 3.94. The largest absolute Gasteiger partial charge is 0.497 e. The summed E-state index contributed by atoms with van der Waals surface area (Å²) in [5, 5.41) is 0.0670. The molecule has 0 spiro atoms. The molecule has 3 nitrogen and oxygen atoms in total. The molecule has 0 aliphatic heterocycles. The van der Waals surface area contributed by atoms with Crippen LogP contribution in [0.3, 0.4) is 0 Å². The van der Waals surface area contributed by atoms with Gasteiger partial charge in [0.05, 0.1) is 28.9 Å². The lowest BCUT2D eigenvalue weighted by molar-refractivity contribution is 0.414. The lowest BCUT2D eigenvalue weighted by Gasteiger charge is -2.10. The SMILES string of the molecule is COc1ccc(-n2c(=S)[nH]c3cc(Cl)c(F)cc32)c(C)c1. The first kappa shape index (κ1) is 14.1. The summed E-state index contributed by atoms with van der Waals surface area (Å²) in [5.41, 5.74) is 3.19. The van der Waals surface area contributed by atoms with E-state index in [1.54, 1.807) is 11.7 Å². The molecule has 6 heteroatoms. The van der Waals surface area contributed by atoms with Gasteiger partial charge in [0, 0.05) is 6.07 Å². The van der Waals surface area contributed by atoms with Crippen LogP contribution in [0.25, 0.3) is 16.7 Å². The van der Waals surface area contributed by atoms with E-state index >= 15 is 0 Å². The number of imidazole rings is 1. The molecule has 0 bridgehead atoms. The molecule has 0 fully saturated rings. The number of halogens is 2. The number of nitrogens with zero attached hydrogens (tertiary/aromatic N) is 1. The van der Waals surface area contributed by atoms with Crippen LogP contribution in [0.1, 0.15) is 5.56 Å². The second-order valence-electron chi connectivity index (χ2n) is 4.70. The number of aryl methyl sites for hydroxylation is 1. The summed E-state index contributed by atoms with van der Waals surface area (Å²) in [5.74, 6) is 0.287. The van der Waals surface area contributed by atoms with Crippen molar-refractivity contribution in [2.24, 2.45) is 0 Å². The van der Waals surface area contributed by atoms with E-state index in [4.69, 9.17) is 28.6 Å². The van der Waals surface area contributed by atoms with E-state index in [9.17, 15) is 4.39 Å². The van der Waals surface area contributed by atoms with Gasteiger partial charge in [-0.25, -0.2) is 4.39 Å². The molecule has 0 unspecified atom stereocenters. The molecule has 0 saturated heterocycles. The van der Waals surface area contributed by atoms with Gasteiger partial charge in [-0.1, -0.05) is 11.6 Å². The van der Waals surface area contributed by atoms with Gasteiger partial charge in [0.25, 0.3) is 0 Å². The average Bonchev–Trinajstić information content (AvgIpc) is 2.75. The summed E-state index contributed by atoms with van der Waals surface area (Å²) in [7, 11) is 1.61. The zero-order valence-corrected chi connectivity index (χ0v) is 13.0. The maximum atomic E-state index is 13.8. The first-order valence-electron chi connectivity index (χ1n) is 6.26. The summed E-state index contributed by atoms with van der Waals surface area (Å²) >= 11 is 11.2. The van der Waals surface area contributed by atoms with Gasteiger partial charge < -0.3 is 9.72 Å². The molecule has 2 aromatic carbocycles. The predicted octanol–water partition coefficient (Wildman–Crippen LogP) is 4.80. The van der Waals surface area contributed by atoms with E-state index in [1.165, 1.54) is 12.1 Å². The zero-order chi connectivity index (χ0) is 15.1. The maximum Gasteiger partial charge on any atom is 0.182 e. The van der Waals surface area contributed by atoms with Gasteiger partial charge in [0.2, 0.25) is 0 Å². The molecule has 0 saturated carbocycles. The van der Waals surface area contributed by atoms with Crippen molar-refractivity contribution in [3.05, 3.63) is 51.5 Å². The van der Waals surface area contributed by atoms with Gasteiger partial charge >= 0.3 is 0 Å². The van der Waals surface area contributed by atoms with Crippen LogP contribution in [0.4, 0.5) is 4.39 Å². The van der Waals surface area contributed by atoms with E-state index in [2.05, 4.69) is 4.98 Å². The van der Waals surface area contributed by atoms with Crippen LogP contribution in [0, 0.1) is 17.5 Å². The molecule has 108 valence electrons. The van der Waals surface area contributed by atoms with Crippen LogP contribution < -0.4 is 4.74 Å². The van der Waals surface area contributed by atoms with Crippen molar-refractivity contribution in [2.75, 3.05) is 7.11 Å². The molecule has 21 heavy (non-hydrogen) atoms. The molecule has 1 aromatic heterocycles. The minimum atomic E-state index is -0.474. The summed E-state index contributed by atoms with van der Waals surface area (Å²) in [6, 6.07) is 8.56. The number of nitrogens with one attached hydrogen (secondary N) is 1. The highest BCUT2D eigenvalue weighted by Crippen LogP contribution is 2.28. The van der Waals surface area contributed by atoms with Crippen molar-refractivity contribution in [2.45, 2.75) is 6.92 Å². The van der Waals surface area contributed by atoms with E-state index in [0.717, 1.165) is 17.0 Å². The van der Waals surface area contributed by atoms with Gasteiger partial charge in [-0.3, -0.25) is 4.57 Å². The van der Waals surface area contributed by atoms with Gasteiger partial charge in [0.1, 0.15) is 11.6 Å². The van der Waals surface area contributed by atoms with Crippen molar-refractivity contribution in [3.8, 4) is 11.4 Å². The standard InChI is InChI=1S/C15H12ClFN2OS/c1-8-5-9(20-2)3-4-13(8)19-14-7-11(17)10(16)6-12(14)18-15(19)21/h3-7H,1-2H3,(H,18,21). The third kappa shape index (κ3) is 2.32. The molecule has 1 heterocycles. The molecule has 3 rings (SSSR count). The van der Waals surface area contributed by atoms with Crippen LogP contribution in [0.2, 0.25) is 5.02 Å². The predicted molar refractivity (Wildman–Crippen MR) is 84.7 cm³/mol. The van der Waals surface area contributed by atoms with Gasteiger partial charge in [-0.05, 0) is 49.0 Å². The third-order valence-electron chi connectivity index (χ3n) is 3.37. The Morgan fingerprint density at radius 2 is 2.05 bits per heavy atom. The number of ether oxygens (including phenoxy) is 1. The molecule has 0 aliphatic rings.